The van der Waals surface area contributed by atoms with E-state index in [1.54, 1.807) is 0 Å². The van der Waals surface area contributed by atoms with E-state index >= 15 is 0 Å². The van der Waals surface area contributed by atoms with E-state index in [1.165, 1.54) is 51.6 Å². The molecule has 0 aromatic rings. The predicted molar refractivity (Wildman–Crippen MR) is 94.5 cm³/mol. The summed E-state index contributed by atoms with van der Waals surface area (Å²) in [6.45, 7) is 4.49. The molecule has 4 nitrogen and oxygen atoms in total. The fraction of sp³-hybridized carbons (Fsp3) is 0.947. The van der Waals surface area contributed by atoms with Gasteiger partial charge in [-0.3, -0.25) is 9.69 Å². The van der Waals surface area contributed by atoms with Crippen LogP contribution in [0.5, 0.6) is 0 Å². The van der Waals surface area contributed by atoms with Gasteiger partial charge in [-0.15, -0.1) is 0 Å². The quantitative estimate of drug-likeness (QED) is 0.779. The van der Waals surface area contributed by atoms with Gasteiger partial charge in [-0.2, -0.15) is 0 Å². The largest absolute Gasteiger partial charge is 0.339 e. The zero-order chi connectivity index (χ0) is 16.2. The first-order valence-electron chi connectivity index (χ1n) is 9.83. The molecule has 0 radical (unpaired) electrons. The van der Waals surface area contributed by atoms with Crippen LogP contribution >= 0.6 is 0 Å². The lowest BCUT2D eigenvalue weighted by Gasteiger charge is -2.49. The number of amides is 1. The lowest BCUT2D eigenvalue weighted by Crippen LogP contribution is -2.58. The second-order valence-electron chi connectivity index (χ2n) is 8.19. The van der Waals surface area contributed by atoms with Crippen molar-refractivity contribution >= 4 is 5.91 Å². The van der Waals surface area contributed by atoms with E-state index in [2.05, 4.69) is 28.8 Å². The van der Waals surface area contributed by atoms with Gasteiger partial charge in [0.1, 0.15) is 0 Å². The average molecular weight is 322 g/mol. The van der Waals surface area contributed by atoms with Crippen molar-refractivity contribution in [2.75, 3.05) is 40.3 Å². The van der Waals surface area contributed by atoms with E-state index in [-0.39, 0.29) is 0 Å². The Morgan fingerprint density at radius 1 is 1.09 bits per heavy atom. The first-order chi connectivity index (χ1) is 11.1. The molecule has 3 rings (SSSR count). The molecular weight excluding hydrogens is 286 g/mol. The molecule has 2 atom stereocenters. The Morgan fingerprint density at radius 2 is 1.87 bits per heavy atom. The molecule has 4 heteroatoms. The molecule has 0 aromatic carbocycles. The predicted octanol–water partition coefficient (Wildman–Crippen LogP) is 2.58. The van der Waals surface area contributed by atoms with Gasteiger partial charge >= 0.3 is 0 Å². The van der Waals surface area contributed by atoms with E-state index < -0.39 is 0 Å². The fourth-order valence-corrected chi connectivity index (χ4v) is 5.01. The smallest absolute Gasteiger partial charge is 0.222 e. The highest BCUT2D eigenvalue weighted by atomic mass is 16.2. The summed E-state index contributed by atoms with van der Waals surface area (Å²) in [7, 11) is 4.23. The van der Waals surface area contributed by atoms with Crippen molar-refractivity contribution < 1.29 is 4.79 Å². The second kappa shape index (κ2) is 7.98. The first-order valence-corrected chi connectivity index (χ1v) is 9.83. The van der Waals surface area contributed by atoms with Crippen molar-refractivity contribution in [2.45, 2.75) is 69.9 Å². The van der Waals surface area contributed by atoms with Gasteiger partial charge in [-0.25, -0.2) is 0 Å². The highest BCUT2D eigenvalue weighted by molar-refractivity contribution is 5.77. The Labute approximate surface area is 142 Å². The summed E-state index contributed by atoms with van der Waals surface area (Å²) in [5, 5.41) is 0. The third kappa shape index (κ3) is 4.27. The molecular formula is C19H35N3O. The van der Waals surface area contributed by atoms with E-state index in [1.807, 2.05) is 0 Å². The summed E-state index contributed by atoms with van der Waals surface area (Å²) < 4.78 is 0. The molecule has 0 aromatic heterocycles. The van der Waals surface area contributed by atoms with Crippen LogP contribution < -0.4 is 0 Å². The highest BCUT2D eigenvalue weighted by Gasteiger charge is 2.40. The van der Waals surface area contributed by atoms with Crippen LogP contribution in [0.1, 0.15) is 57.8 Å². The second-order valence-corrected chi connectivity index (χ2v) is 8.19. The van der Waals surface area contributed by atoms with Crippen LogP contribution in [0.2, 0.25) is 0 Å². The number of hydrogen-bond donors (Lipinski definition) is 0. The maximum atomic E-state index is 12.4. The minimum absolute atomic E-state index is 0.413. The van der Waals surface area contributed by atoms with Crippen molar-refractivity contribution in [3.05, 3.63) is 0 Å². The Hall–Kier alpha value is -0.610. The van der Waals surface area contributed by atoms with Crippen molar-refractivity contribution in [3.8, 4) is 0 Å². The third-order valence-corrected chi connectivity index (χ3v) is 6.27. The number of rotatable bonds is 5. The molecule has 0 bridgehead atoms. The van der Waals surface area contributed by atoms with Crippen LogP contribution in [-0.2, 0) is 4.79 Å². The van der Waals surface area contributed by atoms with Crippen molar-refractivity contribution in [3.63, 3.8) is 0 Å². The van der Waals surface area contributed by atoms with Crippen molar-refractivity contribution in [1.82, 2.24) is 14.7 Å². The molecule has 23 heavy (non-hydrogen) atoms. The zero-order valence-corrected chi connectivity index (χ0v) is 15.2. The number of fused-ring (bicyclic) bond motifs is 1. The molecule has 2 heterocycles. The summed E-state index contributed by atoms with van der Waals surface area (Å²) in [6, 6.07) is 1.36. The van der Waals surface area contributed by atoms with Gasteiger partial charge in [0.25, 0.3) is 0 Å². The summed E-state index contributed by atoms with van der Waals surface area (Å²) in [4.78, 5) is 19.6. The molecule has 2 aliphatic heterocycles. The van der Waals surface area contributed by atoms with Gasteiger partial charge in [0.05, 0.1) is 0 Å². The fourth-order valence-electron chi connectivity index (χ4n) is 5.01. The molecule has 3 fully saturated rings. The zero-order valence-electron chi connectivity index (χ0n) is 15.2. The van der Waals surface area contributed by atoms with Crippen molar-refractivity contribution in [2.24, 2.45) is 5.92 Å². The number of carbonyl (C=O) groups is 1. The van der Waals surface area contributed by atoms with E-state index in [4.69, 9.17) is 0 Å². The van der Waals surface area contributed by atoms with Crippen LogP contribution in [0.3, 0.4) is 0 Å². The minimum Gasteiger partial charge on any atom is -0.339 e. The standard InChI is InChI=1S/C19H35N3O/c1-20(2)12-6-13-22-18-11-14-21(17-7-4-3-5-8-17)15-16(18)9-10-19(22)23/h16-18H,3-15H2,1-2H3/t16-,18+/m1/s1. The summed E-state index contributed by atoms with van der Waals surface area (Å²) in [6.07, 6.45) is 11.3. The Kier molecular flexibility index (Phi) is 5.97. The van der Waals surface area contributed by atoms with Crippen LogP contribution in [0.15, 0.2) is 0 Å². The van der Waals surface area contributed by atoms with Gasteiger partial charge in [0.15, 0.2) is 0 Å². The lowest BCUT2D eigenvalue weighted by atomic mass is 9.81. The first kappa shape index (κ1) is 17.2. The number of piperidine rings is 2. The molecule has 0 N–H and O–H groups in total. The van der Waals surface area contributed by atoms with Crippen LogP contribution in [-0.4, -0.2) is 73.0 Å². The normalized spacial score (nSPS) is 30.7. The van der Waals surface area contributed by atoms with E-state index in [9.17, 15) is 4.79 Å². The van der Waals surface area contributed by atoms with Gasteiger partial charge < -0.3 is 9.80 Å². The topological polar surface area (TPSA) is 26.8 Å². The van der Waals surface area contributed by atoms with Gasteiger partial charge in [-0.1, -0.05) is 19.3 Å². The summed E-state index contributed by atoms with van der Waals surface area (Å²) in [5.74, 6) is 1.14. The molecule has 3 aliphatic rings. The molecule has 132 valence electrons. The molecule has 1 saturated carbocycles. The van der Waals surface area contributed by atoms with E-state index in [0.717, 1.165) is 44.3 Å². The molecule has 0 unspecified atom stereocenters. The van der Waals surface area contributed by atoms with Gasteiger partial charge in [-0.05, 0) is 58.7 Å². The molecule has 2 saturated heterocycles. The molecule has 1 amide bonds. The van der Waals surface area contributed by atoms with Crippen molar-refractivity contribution in [1.29, 1.82) is 0 Å². The van der Waals surface area contributed by atoms with Gasteiger partial charge in [0, 0.05) is 38.1 Å². The summed E-state index contributed by atoms with van der Waals surface area (Å²) in [5.41, 5.74) is 0. The van der Waals surface area contributed by atoms with Crippen LogP contribution in [0.4, 0.5) is 0 Å². The highest BCUT2D eigenvalue weighted by Crippen LogP contribution is 2.34. The SMILES string of the molecule is CN(C)CCCN1C(=O)CC[C@@H]2CN(C3CCCCC3)CC[C@@H]21. The molecule has 1 aliphatic carbocycles. The Balaban J connectivity index is 1.55. The monoisotopic (exact) mass is 321 g/mol. The maximum Gasteiger partial charge on any atom is 0.222 e. The maximum absolute atomic E-state index is 12.4. The van der Waals surface area contributed by atoms with Crippen LogP contribution in [0.25, 0.3) is 0 Å². The number of carbonyl (C=O) groups excluding carboxylic acids is 1. The Morgan fingerprint density at radius 3 is 2.61 bits per heavy atom. The molecule has 0 spiro atoms. The lowest BCUT2D eigenvalue weighted by molar-refractivity contribution is -0.141. The minimum atomic E-state index is 0.413. The number of hydrogen-bond acceptors (Lipinski definition) is 3. The number of nitrogens with zero attached hydrogens (tertiary/aromatic N) is 3. The number of likely N-dealkylation sites (tertiary alicyclic amines) is 2. The van der Waals surface area contributed by atoms with Gasteiger partial charge in [0.2, 0.25) is 5.91 Å². The summed E-state index contributed by atoms with van der Waals surface area (Å²) >= 11 is 0. The average Bonchev–Trinajstić information content (AvgIpc) is 2.57. The Bertz CT molecular complexity index is 392. The van der Waals surface area contributed by atoms with E-state index in [0.29, 0.717) is 11.9 Å². The van der Waals surface area contributed by atoms with Crippen LogP contribution in [0, 0.1) is 5.92 Å². The third-order valence-electron chi connectivity index (χ3n) is 6.27.